The Hall–Kier alpha value is -2.81. The van der Waals surface area contributed by atoms with Gasteiger partial charge in [0.2, 0.25) is 0 Å². The smallest absolute Gasteiger partial charge is 0.320 e. The van der Waals surface area contributed by atoms with Crippen molar-refractivity contribution in [2.24, 2.45) is 5.73 Å². The van der Waals surface area contributed by atoms with E-state index in [1.54, 1.807) is 18.2 Å². The highest BCUT2D eigenvalue weighted by Gasteiger charge is 2.12. The van der Waals surface area contributed by atoms with E-state index in [0.717, 1.165) is 6.07 Å². The first-order valence-electron chi connectivity index (χ1n) is 7.92. The lowest BCUT2D eigenvalue weighted by molar-refractivity contribution is -0.143. The number of carbonyl (C=O) groups excluding carboxylic acids is 1. The maximum Gasteiger partial charge on any atom is 0.320 e. The van der Waals surface area contributed by atoms with E-state index in [1.165, 1.54) is 18.5 Å². The van der Waals surface area contributed by atoms with E-state index in [2.05, 4.69) is 15.0 Å². The topological polar surface area (TPSA) is 100 Å². The molecule has 2 N–H and O–H groups in total. The lowest BCUT2D eigenvalue weighted by Crippen LogP contribution is -2.16. The summed E-state index contributed by atoms with van der Waals surface area (Å²) in [6.45, 7) is -0.250. The van der Waals surface area contributed by atoms with Gasteiger partial charge in [-0.1, -0.05) is 23.2 Å². The SMILES string of the molecule is NCC(=O)OCc1ccnc(-c2ccc(Oc3ncc(Cl)cc3F)cc2Cl)n1. The predicted octanol–water partition coefficient (Wildman–Crippen LogP) is 3.78. The number of benzene rings is 1. The van der Waals surface area contributed by atoms with Gasteiger partial charge >= 0.3 is 5.97 Å². The number of hydrogen-bond donors (Lipinski definition) is 1. The van der Waals surface area contributed by atoms with Crippen molar-refractivity contribution in [3.05, 3.63) is 64.3 Å². The highest BCUT2D eigenvalue weighted by Crippen LogP contribution is 2.32. The van der Waals surface area contributed by atoms with Crippen molar-refractivity contribution in [3.63, 3.8) is 0 Å². The number of nitrogens with zero attached hydrogens (tertiary/aromatic N) is 3. The van der Waals surface area contributed by atoms with Crippen molar-refractivity contribution in [3.8, 4) is 23.0 Å². The molecule has 0 aliphatic carbocycles. The van der Waals surface area contributed by atoms with Gasteiger partial charge in [-0.05, 0) is 24.3 Å². The number of esters is 1. The number of hydrogen-bond acceptors (Lipinski definition) is 7. The van der Waals surface area contributed by atoms with Gasteiger partial charge < -0.3 is 15.2 Å². The lowest BCUT2D eigenvalue weighted by atomic mass is 10.2. The zero-order valence-electron chi connectivity index (χ0n) is 14.2. The summed E-state index contributed by atoms with van der Waals surface area (Å²) in [5.41, 5.74) is 6.19. The van der Waals surface area contributed by atoms with Crippen LogP contribution in [0.25, 0.3) is 11.4 Å². The normalized spacial score (nSPS) is 10.6. The molecule has 0 saturated heterocycles. The maximum atomic E-state index is 13.8. The van der Waals surface area contributed by atoms with Gasteiger partial charge in [0.15, 0.2) is 11.6 Å². The van der Waals surface area contributed by atoms with Crippen LogP contribution < -0.4 is 10.5 Å². The van der Waals surface area contributed by atoms with Gasteiger partial charge in [-0.3, -0.25) is 4.79 Å². The summed E-state index contributed by atoms with van der Waals surface area (Å²) in [5, 5.41) is 0.440. The third-order valence-corrected chi connectivity index (χ3v) is 3.95. The molecule has 0 aliphatic heterocycles. The first-order valence-corrected chi connectivity index (χ1v) is 8.68. The summed E-state index contributed by atoms with van der Waals surface area (Å²) in [7, 11) is 0. The summed E-state index contributed by atoms with van der Waals surface area (Å²) in [4.78, 5) is 23.4. The molecular weight excluding hydrogens is 410 g/mol. The zero-order chi connectivity index (χ0) is 20.1. The summed E-state index contributed by atoms with van der Waals surface area (Å²) in [6, 6.07) is 7.37. The molecule has 0 saturated carbocycles. The van der Waals surface area contributed by atoms with Crippen LogP contribution in [0.3, 0.4) is 0 Å². The third-order valence-electron chi connectivity index (χ3n) is 3.43. The first kappa shape index (κ1) is 19.9. The van der Waals surface area contributed by atoms with Crippen LogP contribution in [0.1, 0.15) is 5.69 Å². The molecule has 2 aromatic heterocycles. The molecule has 0 aliphatic rings. The van der Waals surface area contributed by atoms with E-state index in [4.69, 9.17) is 38.4 Å². The van der Waals surface area contributed by atoms with Crippen molar-refractivity contribution < 1.29 is 18.7 Å². The molecular formula is C18H13Cl2FN4O3. The Bertz CT molecular complexity index is 1020. The fourth-order valence-corrected chi connectivity index (χ4v) is 2.55. The number of nitrogens with two attached hydrogens (primary N) is 1. The van der Waals surface area contributed by atoms with E-state index in [0.29, 0.717) is 17.1 Å². The Kier molecular flexibility index (Phi) is 6.35. The molecule has 144 valence electrons. The van der Waals surface area contributed by atoms with Crippen LogP contribution in [-0.2, 0) is 16.1 Å². The van der Waals surface area contributed by atoms with Gasteiger partial charge in [0, 0.05) is 24.0 Å². The van der Waals surface area contributed by atoms with Crippen molar-refractivity contribution in [1.29, 1.82) is 0 Å². The van der Waals surface area contributed by atoms with Gasteiger partial charge in [0.1, 0.15) is 12.4 Å². The first-order chi connectivity index (χ1) is 13.5. The number of halogens is 3. The number of ether oxygens (including phenoxy) is 2. The molecule has 0 spiro atoms. The van der Waals surface area contributed by atoms with Crippen molar-refractivity contribution in [2.75, 3.05) is 6.54 Å². The summed E-state index contributed by atoms with van der Waals surface area (Å²) < 4.78 is 24.2. The maximum absolute atomic E-state index is 13.8. The molecule has 3 rings (SSSR count). The summed E-state index contributed by atoms with van der Waals surface area (Å²) in [5.74, 6) is -0.865. The third kappa shape index (κ3) is 4.92. The van der Waals surface area contributed by atoms with Crippen LogP contribution in [-0.4, -0.2) is 27.5 Å². The number of carbonyl (C=O) groups is 1. The molecule has 0 unspecified atom stereocenters. The zero-order valence-corrected chi connectivity index (χ0v) is 15.7. The summed E-state index contributed by atoms with van der Waals surface area (Å²) in [6.07, 6.45) is 2.79. The molecule has 2 heterocycles. The van der Waals surface area contributed by atoms with Crippen molar-refractivity contribution >= 4 is 29.2 Å². The molecule has 0 atom stereocenters. The second kappa shape index (κ2) is 8.92. The minimum Gasteiger partial charge on any atom is -0.458 e. The van der Waals surface area contributed by atoms with Crippen LogP contribution in [0, 0.1) is 5.82 Å². The van der Waals surface area contributed by atoms with E-state index < -0.39 is 11.8 Å². The molecule has 28 heavy (non-hydrogen) atoms. The van der Waals surface area contributed by atoms with Crippen LogP contribution in [0.15, 0.2) is 42.7 Å². The van der Waals surface area contributed by atoms with E-state index >= 15 is 0 Å². The van der Waals surface area contributed by atoms with E-state index in [-0.39, 0.29) is 34.8 Å². The highest BCUT2D eigenvalue weighted by atomic mass is 35.5. The Morgan fingerprint density at radius 3 is 2.71 bits per heavy atom. The van der Waals surface area contributed by atoms with Crippen LogP contribution in [0.4, 0.5) is 4.39 Å². The van der Waals surface area contributed by atoms with Gasteiger partial charge in [-0.15, -0.1) is 0 Å². The minimum absolute atomic E-state index is 0.0358. The number of aromatic nitrogens is 3. The van der Waals surface area contributed by atoms with Crippen molar-refractivity contribution in [1.82, 2.24) is 15.0 Å². The van der Waals surface area contributed by atoms with E-state index in [1.807, 2.05) is 0 Å². The fraction of sp³-hybridized carbons (Fsp3) is 0.111. The second-order valence-corrected chi connectivity index (χ2v) is 6.26. The Morgan fingerprint density at radius 2 is 2.00 bits per heavy atom. The number of pyridine rings is 1. The average molecular weight is 423 g/mol. The lowest BCUT2D eigenvalue weighted by Gasteiger charge is -2.09. The Morgan fingerprint density at radius 1 is 1.18 bits per heavy atom. The molecule has 0 bridgehead atoms. The van der Waals surface area contributed by atoms with Crippen molar-refractivity contribution in [2.45, 2.75) is 6.61 Å². The monoisotopic (exact) mass is 422 g/mol. The Balaban J connectivity index is 1.79. The molecule has 1 aromatic carbocycles. The molecule has 3 aromatic rings. The predicted molar refractivity (Wildman–Crippen MR) is 101 cm³/mol. The minimum atomic E-state index is -0.698. The molecule has 0 amide bonds. The quantitative estimate of drug-likeness (QED) is 0.603. The molecule has 0 radical (unpaired) electrons. The van der Waals surface area contributed by atoms with Gasteiger partial charge in [0.05, 0.1) is 22.3 Å². The Labute approximate surface area is 169 Å². The standard InChI is InChI=1S/C18H13Cl2FN4O3/c19-10-5-15(21)18(24-8-10)28-12-1-2-13(14(20)6-12)17-23-4-3-11(25-17)9-27-16(26)7-22/h1-6,8H,7,9,22H2. The highest BCUT2D eigenvalue weighted by molar-refractivity contribution is 6.33. The van der Waals surface area contributed by atoms with Crippen LogP contribution >= 0.6 is 23.2 Å². The van der Waals surface area contributed by atoms with Gasteiger partial charge in [-0.2, -0.15) is 0 Å². The summed E-state index contributed by atoms with van der Waals surface area (Å²) >= 11 is 12.0. The van der Waals surface area contributed by atoms with Gasteiger partial charge in [0.25, 0.3) is 5.88 Å². The fourth-order valence-electron chi connectivity index (χ4n) is 2.15. The van der Waals surface area contributed by atoms with Crippen LogP contribution in [0.2, 0.25) is 10.0 Å². The van der Waals surface area contributed by atoms with Crippen LogP contribution in [0.5, 0.6) is 11.6 Å². The molecule has 10 heteroatoms. The molecule has 0 fully saturated rings. The van der Waals surface area contributed by atoms with Gasteiger partial charge in [-0.25, -0.2) is 19.3 Å². The number of rotatable bonds is 6. The largest absolute Gasteiger partial charge is 0.458 e. The average Bonchev–Trinajstić information content (AvgIpc) is 2.68. The second-order valence-electron chi connectivity index (χ2n) is 5.42. The van der Waals surface area contributed by atoms with E-state index in [9.17, 15) is 9.18 Å². The molecule has 7 nitrogen and oxygen atoms in total.